The largest absolute Gasteiger partial charge is 0.454 e. The van der Waals surface area contributed by atoms with Crippen molar-refractivity contribution in [3.05, 3.63) is 39.8 Å². The highest BCUT2D eigenvalue weighted by molar-refractivity contribution is 14.0. The summed E-state index contributed by atoms with van der Waals surface area (Å²) in [4.78, 5) is 8.69. The zero-order valence-electron chi connectivity index (χ0n) is 13.7. The molecule has 24 heavy (non-hydrogen) atoms. The van der Waals surface area contributed by atoms with Gasteiger partial charge >= 0.3 is 0 Å². The Hall–Kier alpha value is -1.55. The van der Waals surface area contributed by atoms with Crippen LogP contribution in [-0.2, 0) is 13.0 Å². The smallest absolute Gasteiger partial charge is 0.231 e. The fraction of sp³-hybridized carbons (Fsp3) is 0.375. The van der Waals surface area contributed by atoms with Gasteiger partial charge in [-0.2, -0.15) is 0 Å². The van der Waals surface area contributed by atoms with Crippen molar-refractivity contribution in [2.45, 2.75) is 19.9 Å². The molecule has 0 bridgehead atoms. The molecule has 0 atom stereocenters. The summed E-state index contributed by atoms with van der Waals surface area (Å²) in [6.07, 6.45) is 0.884. The lowest BCUT2D eigenvalue weighted by molar-refractivity contribution is 0.174. The van der Waals surface area contributed by atoms with E-state index >= 15 is 0 Å². The molecule has 6 nitrogen and oxygen atoms in total. The first kappa shape index (κ1) is 18.8. The molecule has 0 saturated heterocycles. The van der Waals surface area contributed by atoms with Gasteiger partial charge in [0.2, 0.25) is 6.79 Å². The van der Waals surface area contributed by atoms with Gasteiger partial charge in [-0.1, -0.05) is 6.07 Å². The number of aryl methyl sites for hydroxylation is 1. The number of nitrogens with one attached hydrogen (secondary N) is 2. The summed E-state index contributed by atoms with van der Waals surface area (Å²) < 4.78 is 10.7. The highest BCUT2D eigenvalue weighted by Crippen LogP contribution is 2.32. The summed E-state index contributed by atoms with van der Waals surface area (Å²) in [6, 6.07) is 5.94. The Morgan fingerprint density at radius 1 is 1.29 bits per heavy atom. The minimum atomic E-state index is 0. The normalized spacial score (nSPS) is 12.7. The average Bonchev–Trinajstić information content (AvgIpc) is 3.18. The first-order chi connectivity index (χ1) is 11.2. The van der Waals surface area contributed by atoms with Crippen LogP contribution >= 0.6 is 35.3 Å². The number of nitrogens with zero attached hydrogens (tertiary/aromatic N) is 2. The Morgan fingerprint density at radius 2 is 2.12 bits per heavy atom. The molecule has 3 rings (SSSR count). The second-order valence-corrected chi connectivity index (χ2v) is 6.21. The predicted molar refractivity (Wildman–Crippen MR) is 107 cm³/mol. The highest BCUT2D eigenvalue weighted by Gasteiger charge is 2.13. The molecule has 1 aromatic heterocycles. The maximum absolute atomic E-state index is 5.39. The molecule has 0 amide bonds. The van der Waals surface area contributed by atoms with Gasteiger partial charge < -0.3 is 20.1 Å². The lowest BCUT2D eigenvalue weighted by Crippen LogP contribution is -2.37. The third kappa shape index (κ3) is 4.97. The van der Waals surface area contributed by atoms with Crippen molar-refractivity contribution >= 4 is 41.3 Å². The summed E-state index contributed by atoms with van der Waals surface area (Å²) in [5, 5.41) is 9.79. The van der Waals surface area contributed by atoms with E-state index < -0.39 is 0 Å². The predicted octanol–water partition coefficient (Wildman–Crippen LogP) is 2.71. The van der Waals surface area contributed by atoms with E-state index in [1.807, 2.05) is 25.1 Å². The first-order valence-electron chi connectivity index (χ1n) is 7.48. The Morgan fingerprint density at radius 3 is 2.88 bits per heavy atom. The van der Waals surface area contributed by atoms with Crippen LogP contribution < -0.4 is 20.1 Å². The maximum atomic E-state index is 5.39. The molecule has 2 aromatic rings. The Kier molecular flexibility index (Phi) is 7.10. The molecule has 0 radical (unpaired) electrons. The molecule has 1 aromatic carbocycles. The quantitative estimate of drug-likeness (QED) is 0.408. The molecule has 0 saturated carbocycles. The van der Waals surface area contributed by atoms with Crippen LogP contribution in [0.25, 0.3) is 0 Å². The summed E-state index contributed by atoms with van der Waals surface area (Å²) >= 11 is 1.68. The van der Waals surface area contributed by atoms with Crippen LogP contribution in [0, 0.1) is 6.92 Å². The van der Waals surface area contributed by atoms with Gasteiger partial charge in [0, 0.05) is 31.9 Å². The van der Waals surface area contributed by atoms with E-state index in [9.17, 15) is 0 Å². The van der Waals surface area contributed by atoms with Crippen molar-refractivity contribution in [3.63, 3.8) is 0 Å². The fourth-order valence-electron chi connectivity index (χ4n) is 2.29. The van der Waals surface area contributed by atoms with Crippen molar-refractivity contribution in [3.8, 4) is 11.5 Å². The van der Waals surface area contributed by atoms with E-state index in [1.165, 1.54) is 0 Å². The second-order valence-electron chi connectivity index (χ2n) is 5.15. The minimum absolute atomic E-state index is 0. The number of guanidine groups is 1. The van der Waals surface area contributed by atoms with Crippen LogP contribution in [0.1, 0.15) is 16.3 Å². The van der Waals surface area contributed by atoms with E-state index in [2.05, 4.69) is 26.0 Å². The molecule has 0 unspecified atom stereocenters. The summed E-state index contributed by atoms with van der Waals surface area (Å²) in [5.74, 6) is 2.37. The number of fused-ring (bicyclic) bond motifs is 1. The molecule has 0 fully saturated rings. The number of aromatic nitrogens is 1. The van der Waals surface area contributed by atoms with Crippen molar-refractivity contribution < 1.29 is 9.47 Å². The SMILES string of the molecule is CN=C(NCCc1csc(C)n1)NCc1ccc2c(c1)OCO2.I. The fourth-order valence-corrected chi connectivity index (χ4v) is 2.94. The van der Waals surface area contributed by atoms with Crippen LogP contribution in [0.4, 0.5) is 0 Å². The molecular formula is C16H21IN4O2S. The summed E-state index contributed by atoms with van der Waals surface area (Å²) in [5.41, 5.74) is 2.23. The summed E-state index contributed by atoms with van der Waals surface area (Å²) in [7, 11) is 1.77. The zero-order valence-corrected chi connectivity index (χ0v) is 16.8. The van der Waals surface area contributed by atoms with Gasteiger partial charge in [-0.05, 0) is 24.6 Å². The Bertz CT molecular complexity index is 705. The van der Waals surface area contributed by atoms with Gasteiger partial charge in [0.15, 0.2) is 17.5 Å². The second kappa shape index (κ2) is 9.07. The number of rotatable bonds is 5. The van der Waals surface area contributed by atoms with Gasteiger partial charge in [0.1, 0.15) is 0 Å². The molecule has 0 aliphatic carbocycles. The monoisotopic (exact) mass is 460 g/mol. The van der Waals surface area contributed by atoms with Crippen molar-refractivity contribution in [2.75, 3.05) is 20.4 Å². The van der Waals surface area contributed by atoms with Crippen LogP contribution in [0.3, 0.4) is 0 Å². The summed E-state index contributed by atoms with van der Waals surface area (Å²) in [6.45, 7) is 3.79. The Labute approximate surface area is 162 Å². The highest BCUT2D eigenvalue weighted by atomic mass is 127. The van der Waals surface area contributed by atoms with E-state index in [4.69, 9.17) is 9.47 Å². The number of thiazole rings is 1. The number of halogens is 1. The molecule has 1 aliphatic rings. The molecule has 2 N–H and O–H groups in total. The first-order valence-corrected chi connectivity index (χ1v) is 8.36. The van der Waals surface area contributed by atoms with E-state index in [0.29, 0.717) is 13.3 Å². The Balaban J connectivity index is 0.00000208. The standard InChI is InChI=1S/C16H20N4O2S.HI/c1-11-20-13(9-23-11)5-6-18-16(17-2)19-8-12-3-4-14-15(7-12)22-10-21-14;/h3-4,7,9H,5-6,8,10H2,1-2H3,(H2,17,18,19);1H. The maximum Gasteiger partial charge on any atom is 0.231 e. The van der Waals surface area contributed by atoms with Crippen molar-refractivity contribution in [1.82, 2.24) is 15.6 Å². The van der Waals surface area contributed by atoms with Gasteiger partial charge in [-0.3, -0.25) is 4.99 Å². The van der Waals surface area contributed by atoms with Crippen LogP contribution in [0.15, 0.2) is 28.6 Å². The number of hydrogen-bond acceptors (Lipinski definition) is 5. The number of ether oxygens (including phenoxy) is 2. The molecular weight excluding hydrogens is 439 g/mol. The average molecular weight is 460 g/mol. The molecule has 2 heterocycles. The van der Waals surface area contributed by atoms with Gasteiger partial charge in [0.25, 0.3) is 0 Å². The van der Waals surface area contributed by atoms with Gasteiger partial charge in [-0.25, -0.2) is 4.98 Å². The molecule has 1 aliphatic heterocycles. The minimum Gasteiger partial charge on any atom is -0.454 e. The molecule has 130 valence electrons. The van der Waals surface area contributed by atoms with E-state index in [1.54, 1.807) is 18.4 Å². The van der Waals surface area contributed by atoms with Gasteiger partial charge in [0.05, 0.1) is 10.7 Å². The van der Waals surface area contributed by atoms with Crippen molar-refractivity contribution in [2.24, 2.45) is 4.99 Å². The van der Waals surface area contributed by atoms with E-state index in [-0.39, 0.29) is 24.0 Å². The zero-order chi connectivity index (χ0) is 16.1. The van der Waals surface area contributed by atoms with E-state index in [0.717, 1.165) is 46.7 Å². The van der Waals surface area contributed by atoms with Gasteiger partial charge in [-0.15, -0.1) is 35.3 Å². The van der Waals surface area contributed by atoms with Crippen LogP contribution in [0.2, 0.25) is 0 Å². The third-order valence-electron chi connectivity index (χ3n) is 3.46. The lowest BCUT2D eigenvalue weighted by Gasteiger charge is -2.11. The number of benzene rings is 1. The third-order valence-corrected chi connectivity index (χ3v) is 4.28. The van der Waals surface area contributed by atoms with Crippen LogP contribution in [-0.4, -0.2) is 31.3 Å². The molecule has 8 heteroatoms. The van der Waals surface area contributed by atoms with Crippen LogP contribution in [0.5, 0.6) is 11.5 Å². The lowest BCUT2D eigenvalue weighted by atomic mass is 10.2. The number of hydrogen-bond donors (Lipinski definition) is 2. The number of aliphatic imine (C=N–C) groups is 1. The van der Waals surface area contributed by atoms with Crippen molar-refractivity contribution in [1.29, 1.82) is 0 Å². The topological polar surface area (TPSA) is 67.8 Å². The molecule has 0 spiro atoms.